The van der Waals surface area contributed by atoms with Crippen molar-refractivity contribution in [2.24, 2.45) is 7.05 Å². The quantitative estimate of drug-likeness (QED) is 0.745. The SMILES string of the molecule is COC(=O)c1cc(C2CNC2)n(C)n1.Cl. The van der Waals surface area contributed by atoms with Crippen LogP contribution in [0.25, 0.3) is 0 Å². The van der Waals surface area contributed by atoms with Crippen LogP contribution in [0.1, 0.15) is 22.1 Å². The molecule has 0 bridgehead atoms. The van der Waals surface area contributed by atoms with Crippen molar-refractivity contribution >= 4 is 18.4 Å². The van der Waals surface area contributed by atoms with Gasteiger partial charge in [-0.1, -0.05) is 0 Å². The normalized spacial score (nSPS) is 15.3. The standard InChI is InChI=1S/C9H13N3O2.ClH/c1-12-8(6-4-10-5-6)3-7(11-12)9(13)14-2;/h3,6,10H,4-5H2,1-2H3;1H. The van der Waals surface area contributed by atoms with E-state index >= 15 is 0 Å². The van der Waals surface area contributed by atoms with Gasteiger partial charge in [0.25, 0.3) is 0 Å². The van der Waals surface area contributed by atoms with E-state index in [-0.39, 0.29) is 18.4 Å². The number of hydrogen-bond acceptors (Lipinski definition) is 4. The summed E-state index contributed by atoms with van der Waals surface area (Å²) in [6, 6.07) is 1.80. The number of hydrogen-bond donors (Lipinski definition) is 1. The molecule has 1 saturated heterocycles. The summed E-state index contributed by atoms with van der Waals surface area (Å²) in [5.41, 5.74) is 1.47. The molecule has 1 aromatic rings. The van der Waals surface area contributed by atoms with Gasteiger partial charge in [0.05, 0.1) is 7.11 Å². The molecule has 5 nitrogen and oxygen atoms in total. The van der Waals surface area contributed by atoms with Gasteiger partial charge >= 0.3 is 5.97 Å². The molecule has 84 valence electrons. The van der Waals surface area contributed by atoms with Crippen molar-refractivity contribution < 1.29 is 9.53 Å². The largest absolute Gasteiger partial charge is 0.464 e. The van der Waals surface area contributed by atoms with Crippen molar-refractivity contribution in [3.63, 3.8) is 0 Å². The molecule has 0 saturated carbocycles. The van der Waals surface area contributed by atoms with E-state index in [1.807, 2.05) is 7.05 Å². The van der Waals surface area contributed by atoms with Crippen molar-refractivity contribution in [3.8, 4) is 0 Å². The lowest BCUT2D eigenvalue weighted by Crippen LogP contribution is -2.40. The van der Waals surface area contributed by atoms with E-state index in [0.29, 0.717) is 11.6 Å². The number of carbonyl (C=O) groups excluding carboxylic acids is 1. The number of halogens is 1. The smallest absolute Gasteiger partial charge is 0.358 e. The van der Waals surface area contributed by atoms with Gasteiger partial charge in [-0.25, -0.2) is 4.79 Å². The minimum atomic E-state index is -0.376. The van der Waals surface area contributed by atoms with E-state index in [4.69, 9.17) is 0 Å². The third-order valence-corrected chi connectivity index (χ3v) is 2.51. The van der Waals surface area contributed by atoms with Crippen LogP contribution in [0.4, 0.5) is 0 Å². The molecular formula is C9H14ClN3O2. The van der Waals surface area contributed by atoms with Crippen LogP contribution >= 0.6 is 12.4 Å². The first-order chi connectivity index (χ1) is 6.72. The summed E-state index contributed by atoms with van der Waals surface area (Å²) >= 11 is 0. The first-order valence-electron chi connectivity index (χ1n) is 4.55. The molecule has 2 rings (SSSR count). The number of carbonyl (C=O) groups is 1. The number of aryl methyl sites for hydroxylation is 1. The average Bonchev–Trinajstić information content (AvgIpc) is 2.44. The molecule has 0 atom stereocenters. The van der Waals surface area contributed by atoms with Crippen LogP contribution in [-0.2, 0) is 11.8 Å². The van der Waals surface area contributed by atoms with E-state index in [2.05, 4.69) is 15.2 Å². The molecule has 1 aliphatic rings. The van der Waals surface area contributed by atoms with Gasteiger partial charge in [0.15, 0.2) is 5.69 Å². The van der Waals surface area contributed by atoms with E-state index in [9.17, 15) is 4.79 Å². The Morgan fingerprint density at radius 1 is 1.67 bits per heavy atom. The van der Waals surface area contributed by atoms with Crippen molar-refractivity contribution in [2.45, 2.75) is 5.92 Å². The lowest BCUT2D eigenvalue weighted by molar-refractivity contribution is 0.0593. The third-order valence-electron chi connectivity index (χ3n) is 2.51. The number of methoxy groups -OCH3 is 1. The zero-order valence-corrected chi connectivity index (χ0v) is 9.50. The maximum atomic E-state index is 11.2. The zero-order chi connectivity index (χ0) is 10.1. The highest BCUT2D eigenvalue weighted by atomic mass is 35.5. The van der Waals surface area contributed by atoms with Gasteiger partial charge in [-0.15, -0.1) is 12.4 Å². The summed E-state index contributed by atoms with van der Waals surface area (Å²) in [5.74, 6) is 0.102. The van der Waals surface area contributed by atoms with Crippen LogP contribution in [0.3, 0.4) is 0 Å². The van der Waals surface area contributed by atoms with E-state index < -0.39 is 0 Å². The summed E-state index contributed by atoms with van der Waals surface area (Å²) in [6.07, 6.45) is 0. The highest BCUT2D eigenvalue weighted by Gasteiger charge is 2.24. The Hall–Kier alpha value is -1.07. The number of nitrogens with zero attached hydrogens (tertiary/aromatic N) is 2. The molecule has 0 aliphatic carbocycles. The third kappa shape index (κ3) is 2.13. The van der Waals surface area contributed by atoms with Crippen molar-refractivity contribution in [3.05, 3.63) is 17.5 Å². The molecule has 2 heterocycles. The number of nitrogens with one attached hydrogen (secondary N) is 1. The van der Waals surface area contributed by atoms with Gasteiger partial charge in [-0.3, -0.25) is 4.68 Å². The van der Waals surface area contributed by atoms with Gasteiger partial charge < -0.3 is 10.1 Å². The van der Waals surface area contributed by atoms with Gasteiger partial charge in [0.2, 0.25) is 0 Å². The molecule has 15 heavy (non-hydrogen) atoms. The van der Waals surface area contributed by atoms with Gasteiger partial charge in [-0.05, 0) is 6.07 Å². The van der Waals surface area contributed by atoms with Crippen molar-refractivity contribution in [2.75, 3.05) is 20.2 Å². The van der Waals surface area contributed by atoms with E-state index in [0.717, 1.165) is 18.8 Å². The number of aromatic nitrogens is 2. The molecule has 1 N–H and O–H groups in total. The highest BCUT2D eigenvalue weighted by Crippen LogP contribution is 2.20. The topological polar surface area (TPSA) is 56.1 Å². The Kier molecular flexibility index (Phi) is 3.71. The molecule has 1 aromatic heterocycles. The van der Waals surface area contributed by atoms with Crippen LogP contribution in [0, 0.1) is 0 Å². The maximum Gasteiger partial charge on any atom is 0.358 e. The molecule has 1 fully saturated rings. The predicted molar refractivity (Wildman–Crippen MR) is 57.4 cm³/mol. The number of rotatable bonds is 2. The fourth-order valence-corrected chi connectivity index (χ4v) is 1.57. The molecule has 1 aliphatic heterocycles. The van der Waals surface area contributed by atoms with Crippen LogP contribution in [-0.4, -0.2) is 35.9 Å². The fraction of sp³-hybridized carbons (Fsp3) is 0.556. The van der Waals surface area contributed by atoms with Gasteiger partial charge in [0, 0.05) is 31.7 Å². The Labute approximate surface area is 94.2 Å². The van der Waals surface area contributed by atoms with E-state index in [1.165, 1.54) is 7.11 Å². The Morgan fingerprint density at radius 2 is 2.33 bits per heavy atom. The van der Waals surface area contributed by atoms with Crippen molar-refractivity contribution in [1.82, 2.24) is 15.1 Å². The summed E-state index contributed by atoms with van der Waals surface area (Å²) in [7, 11) is 3.21. The second-order valence-corrected chi connectivity index (χ2v) is 3.42. The second kappa shape index (κ2) is 4.63. The summed E-state index contributed by atoms with van der Waals surface area (Å²) in [4.78, 5) is 11.2. The molecular weight excluding hydrogens is 218 g/mol. The molecule has 0 unspecified atom stereocenters. The maximum absolute atomic E-state index is 11.2. The van der Waals surface area contributed by atoms with Crippen LogP contribution in [0.5, 0.6) is 0 Å². The first-order valence-corrected chi connectivity index (χ1v) is 4.55. The molecule has 0 radical (unpaired) electrons. The molecule has 6 heteroatoms. The van der Waals surface area contributed by atoms with Crippen LogP contribution in [0.15, 0.2) is 6.07 Å². The van der Waals surface area contributed by atoms with Gasteiger partial charge in [0.1, 0.15) is 0 Å². The minimum absolute atomic E-state index is 0. The van der Waals surface area contributed by atoms with Crippen LogP contribution in [0.2, 0.25) is 0 Å². The average molecular weight is 232 g/mol. The molecule has 0 aromatic carbocycles. The summed E-state index contributed by atoms with van der Waals surface area (Å²) in [6.45, 7) is 1.92. The Morgan fingerprint density at radius 3 is 2.80 bits per heavy atom. The minimum Gasteiger partial charge on any atom is -0.464 e. The zero-order valence-electron chi connectivity index (χ0n) is 8.69. The lowest BCUT2D eigenvalue weighted by Gasteiger charge is -2.26. The Balaban J connectivity index is 0.00000112. The lowest BCUT2D eigenvalue weighted by atomic mass is 9.99. The van der Waals surface area contributed by atoms with Crippen molar-refractivity contribution in [1.29, 1.82) is 0 Å². The van der Waals surface area contributed by atoms with E-state index in [1.54, 1.807) is 10.7 Å². The number of esters is 1. The summed E-state index contributed by atoms with van der Waals surface area (Å²) in [5, 5.41) is 7.28. The fourth-order valence-electron chi connectivity index (χ4n) is 1.57. The second-order valence-electron chi connectivity index (χ2n) is 3.42. The Bertz CT molecular complexity index is 360. The first kappa shape index (κ1) is 12.0. The predicted octanol–water partition coefficient (Wildman–Crippen LogP) is 0.315. The monoisotopic (exact) mass is 231 g/mol. The summed E-state index contributed by atoms with van der Waals surface area (Å²) < 4.78 is 6.35. The van der Waals surface area contributed by atoms with Gasteiger partial charge in [-0.2, -0.15) is 5.10 Å². The molecule has 0 amide bonds. The number of ether oxygens (including phenoxy) is 1. The molecule has 0 spiro atoms. The van der Waals surface area contributed by atoms with Crippen LogP contribution < -0.4 is 5.32 Å². The highest BCUT2D eigenvalue weighted by molar-refractivity contribution is 5.87.